The van der Waals surface area contributed by atoms with Gasteiger partial charge in [0.1, 0.15) is 11.5 Å². The third-order valence-electron chi connectivity index (χ3n) is 6.10. The lowest BCUT2D eigenvalue weighted by molar-refractivity contribution is 0.0598. The van der Waals surface area contributed by atoms with E-state index in [0.717, 1.165) is 22.6 Å². The summed E-state index contributed by atoms with van der Waals surface area (Å²) in [4.78, 5) is 25.0. The zero-order valence-electron chi connectivity index (χ0n) is 20.7. The zero-order valence-corrected chi connectivity index (χ0v) is 21.5. The average molecular weight is 502 g/mol. The first-order valence-electron chi connectivity index (χ1n) is 12.3. The Balaban J connectivity index is 1.83. The van der Waals surface area contributed by atoms with E-state index in [-0.39, 0.29) is 17.9 Å². The fraction of sp³-hybridized carbons (Fsp3) is 0.276. The molecule has 0 saturated heterocycles. The van der Waals surface area contributed by atoms with E-state index in [1.54, 1.807) is 12.3 Å². The summed E-state index contributed by atoms with van der Waals surface area (Å²) in [5, 5.41) is 0.655. The fourth-order valence-corrected chi connectivity index (χ4v) is 4.61. The van der Waals surface area contributed by atoms with Crippen LogP contribution in [0.4, 0.5) is 0 Å². The quantitative estimate of drug-likeness (QED) is 0.296. The molecule has 0 aliphatic rings. The SMILES string of the molecule is CC(C)C(c1nc(-c2cccc(Cl)c2)cn1Cc1ccccc1)N(CCCN)C(=O)c1ccccn1. The Hall–Kier alpha value is -3.48. The van der Waals surface area contributed by atoms with Crippen molar-refractivity contribution in [3.8, 4) is 11.3 Å². The van der Waals surface area contributed by atoms with E-state index in [1.165, 1.54) is 0 Å². The van der Waals surface area contributed by atoms with Gasteiger partial charge in [-0.25, -0.2) is 4.98 Å². The number of hydrogen-bond donors (Lipinski definition) is 1. The molecular formula is C29H32ClN5O. The Bertz CT molecular complexity index is 1270. The lowest BCUT2D eigenvalue weighted by Crippen LogP contribution is -2.40. The Morgan fingerprint density at radius 2 is 1.83 bits per heavy atom. The van der Waals surface area contributed by atoms with E-state index in [0.29, 0.717) is 36.8 Å². The number of nitrogens with zero attached hydrogens (tertiary/aromatic N) is 4. The summed E-state index contributed by atoms with van der Waals surface area (Å²) < 4.78 is 2.15. The van der Waals surface area contributed by atoms with Gasteiger partial charge in [0.2, 0.25) is 0 Å². The largest absolute Gasteiger partial charge is 0.330 e. The van der Waals surface area contributed by atoms with Gasteiger partial charge in [0.05, 0.1) is 11.7 Å². The van der Waals surface area contributed by atoms with Crippen molar-refractivity contribution in [3.05, 3.63) is 107 Å². The number of carbonyl (C=O) groups excluding carboxylic acids is 1. The second kappa shape index (κ2) is 12.0. The molecule has 0 bridgehead atoms. The molecule has 0 aliphatic carbocycles. The standard InChI is InChI=1S/C29H32ClN5O/c1-21(2)27(35(17-9-15-31)29(36)25-14-6-7-16-32-25)28-33-26(23-12-8-13-24(30)18-23)20-34(28)19-22-10-4-3-5-11-22/h3-8,10-14,16,18,20-21,27H,9,15,17,19,31H2,1-2H3. The minimum Gasteiger partial charge on any atom is -0.330 e. The number of pyridine rings is 1. The van der Waals surface area contributed by atoms with E-state index < -0.39 is 0 Å². The van der Waals surface area contributed by atoms with Crippen LogP contribution in [0.3, 0.4) is 0 Å². The Kier molecular flexibility index (Phi) is 8.52. The van der Waals surface area contributed by atoms with Crippen molar-refractivity contribution in [2.75, 3.05) is 13.1 Å². The number of benzene rings is 2. The number of hydrogen-bond acceptors (Lipinski definition) is 4. The van der Waals surface area contributed by atoms with Gasteiger partial charge < -0.3 is 15.2 Å². The fourth-order valence-electron chi connectivity index (χ4n) is 4.42. The number of carbonyl (C=O) groups is 1. The highest BCUT2D eigenvalue weighted by molar-refractivity contribution is 6.30. The monoisotopic (exact) mass is 501 g/mol. The molecule has 7 heteroatoms. The van der Waals surface area contributed by atoms with Gasteiger partial charge >= 0.3 is 0 Å². The van der Waals surface area contributed by atoms with Gasteiger partial charge in [-0.3, -0.25) is 9.78 Å². The molecule has 0 fully saturated rings. The van der Waals surface area contributed by atoms with Crippen LogP contribution in [0.25, 0.3) is 11.3 Å². The maximum Gasteiger partial charge on any atom is 0.273 e. The molecule has 1 unspecified atom stereocenters. The predicted octanol–water partition coefficient (Wildman–Crippen LogP) is 5.84. The molecule has 4 rings (SSSR count). The van der Waals surface area contributed by atoms with Crippen LogP contribution in [-0.2, 0) is 6.54 Å². The first-order valence-corrected chi connectivity index (χ1v) is 12.6. The molecular weight excluding hydrogens is 470 g/mol. The number of halogens is 1. The Morgan fingerprint density at radius 1 is 1.06 bits per heavy atom. The highest BCUT2D eigenvalue weighted by atomic mass is 35.5. The van der Waals surface area contributed by atoms with Gasteiger partial charge in [0.25, 0.3) is 5.91 Å². The van der Waals surface area contributed by atoms with Crippen LogP contribution in [0.15, 0.2) is 85.2 Å². The van der Waals surface area contributed by atoms with E-state index in [1.807, 2.05) is 59.5 Å². The van der Waals surface area contributed by atoms with Crippen molar-refractivity contribution in [3.63, 3.8) is 0 Å². The van der Waals surface area contributed by atoms with Crippen LogP contribution < -0.4 is 5.73 Å². The Morgan fingerprint density at radius 3 is 2.50 bits per heavy atom. The summed E-state index contributed by atoms with van der Waals surface area (Å²) in [5.41, 5.74) is 9.19. The number of rotatable bonds is 10. The van der Waals surface area contributed by atoms with Crippen LogP contribution in [0.2, 0.25) is 5.02 Å². The lowest BCUT2D eigenvalue weighted by Gasteiger charge is -2.34. The minimum atomic E-state index is -0.275. The number of nitrogens with two attached hydrogens (primary N) is 1. The van der Waals surface area contributed by atoms with Crippen molar-refractivity contribution in [2.45, 2.75) is 32.9 Å². The van der Waals surface area contributed by atoms with Crippen molar-refractivity contribution >= 4 is 17.5 Å². The molecule has 1 atom stereocenters. The summed E-state index contributed by atoms with van der Waals surface area (Å²) in [6.07, 6.45) is 4.38. The van der Waals surface area contributed by atoms with Crippen LogP contribution in [-0.4, -0.2) is 38.4 Å². The molecule has 186 valence electrons. The van der Waals surface area contributed by atoms with Gasteiger partial charge in [0, 0.05) is 36.1 Å². The molecule has 4 aromatic rings. The summed E-state index contributed by atoms with van der Waals surface area (Å²) in [7, 11) is 0. The number of amides is 1. The summed E-state index contributed by atoms with van der Waals surface area (Å²) in [6, 6.07) is 23.1. The molecule has 0 aliphatic heterocycles. The highest BCUT2D eigenvalue weighted by Crippen LogP contribution is 2.33. The van der Waals surface area contributed by atoms with Gasteiger partial charge in [-0.15, -0.1) is 0 Å². The molecule has 6 nitrogen and oxygen atoms in total. The third-order valence-corrected chi connectivity index (χ3v) is 6.34. The maximum absolute atomic E-state index is 13.7. The van der Waals surface area contributed by atoms with Crippen LogP contribution in [0.1, 0.15) is 48.2 Å². The van der Waals surface area contributed by atoms with E-state index in [9.17, 15) is 4.79 Å². The van der Waals surface area contributed by atoms with Gasteiger partial charge in [-0.1, -0.05) is 74.0 Å². The second-order valence-electron chi connectivity index (χ2n) is 9.15. The normalized spacial score (nSPS) is 12.0. The van der Waals surface area contributed by atoms with E-state index in [2.05, 4.69) is 41.7 Å². The molecule has 0 radical (unpaired) electrons. The van der Waals surface area contributed by atoms with Gasteiger partial charge in [-0.05, 0) is 48.7 Å². The molecule has 0 spiro atoms. The molecule has 2 heterocycles. The van der Waals surface area contributed by atoms with Crippen molar-refractivity contribution < 1.29 is 4.79 Å². The minimum absolute atomic E-state index is 0.0968. The molecule has 2 aromatic heterocycles. The molecule has 2 N–H and O–H groups in total. The van der Waals surface area contributed by atoms with Crippen molar-refractivity contribution in [1.29, 1.82) is 0 Å². The topological polar surface area (TPSA) is 77.0 Å². The predicted molar refractivity (Wildman–Crippen MR) is 145 cm³/mol. The molecule has 36 heavy (non-hydrogen) atoms. The smallest absolute Gasteiger partial charge is 0.273 e. The lowest BCUT2D eigenvalue weighted by atomic mass is 10.00. The molecule has 2 aromatic carbocycles. The number of imidazole rings is 1. The second-order valence-corrected chi connectivity index (χ2v) is 9.59. The number of aromatic nitrogens is 3. The zero-order chi connectivity index (χ0) is 25.5. The van der Waals surface area contributed by atoms with Crippen LogP contribution in [0.5, 0.6) is 0 Å². The summed E-state index contributed by atoms with van der Waals surface area (Å²) in [5.74, 6) is 0.797. The average Bonchev–Trinajstić information content (AvgIpc) is 3.30. The van der Waals surface area contributed by atoms with Crippen LogP contribution in [0, 0.1) is 5.92 Å². The van der Waals surface area contributed by atoms with E-state index >= 15 is 0 Å². The molecule has 1 amide bonds. The first-order chi connectivity index (χ1) is 17.5. The Labute approximate surface area is 217 Å². The maximum atomic E-state index is 13.7. The molecule has 0 saturated carbocycles. The summed E-state index contributed by atoms with van der Waals surface area (Å²) >= 11 is 6.29. The highest BCUT2D eigenvalue weighted by Gasteiger charge is 2.33. The van der Waals surface area contributed by atoms with E-state index in [4.69, 9.17) is 22.3 Å². The summed E-state index contributed by atoms with van der Waals surface area (Å²) in [6.45, 7) is 5.87. The van der Waals surface area contributed by atoms with Crippen molar-refractivity contribution in [2.24, 2.45) is 11.7 Å². The third kappa shape index (κ3) is 6.01. The first kappa shape index (κ1) is 25.6. The van der Waals surface area contributed by atoms with Crippen LogP contribution >= 0.6 is 11.6 Å². The van der Waals surface area contributed by atoms with Crippen molar-refractivity contribution in [1.82, 2.24) is 19.4 Å². The van der Waals surface area contributed by atoms with Gasteiger partial charge in [0.15, 0.2) is 0 Å². The van der Waals surface area contributed by atoms with Gasteiger partial charge in [-0.2, -0.15) is 0 Å².